The standard InChI is InChI=1S/C43H70N2O10/c1-14-16-23-50-35(20-15-2)34(27-46)45(12)26-28(3)25-43(9,49-13)38(30(5)36-31(6)39(47)55-42(7,8)54-36)53-41-37(33(44(10)11)24-29(4)51-41)52-40(48)32-21-18-17-19-22-32/h15,17-19,21-22,28-30,33-35,37-38,41,46H,2,14,16,20,23-27H2,1,3-13H3/t28-,29-,30+,33+,34+,35-,37-,38-,41+,43-/m1/s1. The highest BCUT2D eigenvalue weighted by Gasteiger charge is 2.50. The third kappa shape index (κ3) is 12.6. The van der Waals surface area contributed by atoms with Gasteiger partial charge in [0.1, 0.15) is 5.76 Å². The second-order valence-electron chi connectivity index (χ2n) is 16.3. The van der Waals surface area contributed by atoms with Gasteiger partial charge >= 0.3 is 11.9 Å². The molecule has 0 radical (unpaired) electrons. The average molecular weight is 775 g/mol. The van der Waals surface area contributed by atoms with Gasteiger partial charge in [-0.2, -0.15) is 0 Å². The molecule has 1 N–H and O–H groups in total. The summed E-state index contributed by atoms with van der Waals surface area (Å²) >= 11 is 0. The van der Waals surface area contributed by atoms with Crippen LogP contribution >= 0.6 is 0 Å². The van der Waals surface area contributed by atoms with Crippen molar-refractivity contribution in [2.75, 3.05) is 48.0 Å². The Balaban J connectivity index is 2.04. The molecule has 55 heavy (non-hydrogen) atoms. The molecule has 0 amide bonds. The lowest BCUT2D eigenvalue weighted by Gasteiger charge is -2.48. The molecule has 0 saturated carbocycles. The number of unbranched alkanes of at least 4 members (excludes halogenated alkanes) is 1. The van der Waals surface area contributed by atoms with Crippen LogP contribution in [0.5, 0.6) is 0 Å². The van der Waals surface area contributed by atoms with Crippen LogP contribution in [0.2, 0.25) is 0 Å². The van der Waals surface area contributed by atoms with E-state index in [4.69, 9.17) is 33.2 Å². The van der Waals surface area contributed by atoms with Crippen molar-refractivity contribution in [1.29, 1.82) is 0 Å². The first-order chi connectivity index (χ1) is 25.9. The van der Waals surface area contributed by atoms with Crippen LogP contribution in [0.1, 0.15) is 97.9 Å². The van der Waals surface area contributed by atoms with Crippen LogP contribution in [0, 0.1) is 11.8 Å². The zero-order valence-electron chi connectivity index (χ0n) is 35.5. The minimum absolute atomic E-state index is 0.0264. The predicted molar refractivity (Wildman–Crippen MR) is 212 cm³/mol. The molecule has 1 fully saturated rings. The zero-order chi connectivity index (χ0) is 41.1. The molecule has 1 aromatic rings. The first-order valence-electron chi connectivity index (χ1n) is 19.9. The first-order valence-corrected chi connectivity index (χ1v) is 19.9. The molecule has 2 aliphatic heterocycles. The van der Waals surface area contributed by atoms with Gasteiger partial charge in [-0.05, 0) is 85.6 Å². The molecule has 1 aromatic carbocycles. The Bertz CT molecular complexity index is 1400. The Labute approximate surface area is 330 Å². The van der Waals surface area contributed by atoms with E-state index in [-0.39, 0.29) is 36.8 Å². The Kier molecular flexibility index (Phi) is 17.8. The number of carbonyl (C=O) groups is 2. The monoisotopic (exact) mass is 775 g/mol. The number of esters is 2. The number of ether oxygens (including phenoxy) is 7. The number of rotatable bonds is 22. The molecule has 0 aliphatic carbocycles. The van der Waals surface area contributed by atoms with Gasteiger partial charge in [-0.3, -0.25) is 4.90 Å². The number of hydrogen-bond acceptors (Lipinski definition) is 12. The fraction of sp³-hybridized carbons (Fsp3) is 0.721. The second-order valence-corrected chi connectivity index (χ2v) is 16.3. The van der Waals surface area contributed by atoms with Gasteiger partial charge in [0.05, 0.1) is 53.7 Å². The number of benzene rings is 1. The highest BCUT2D eigenvalue weighted by Crippen LogP contribution is 2.41. The molecule has 2 aliphatic rings. The van der Waals surface area contributed by atoms with Crippen molar-refractivity contribution in [1.82, 2.24) is 9.80 Å². The fourth-order valence-corrected chi connectivity index (χ4v) is 7.92. The molecule has 312 valence electrons. The molecule has 1 saturated heterocycles. The Morgan fingerprint density at radius 3 is 2.42 bits per heavy atom. The van der Waals surface area contributed by atoms with Gasteiger partial charge in [0.2, 0.25) is 5.79 Å². The summed E-state index contributed by atoms with van der Waals surface area (Å²) < 4.78 is 44.5. The van der Waals surface area contributed by atoms with Crippen molar-refractivity contribution >= 4 is 11.9 Å². The van der Waals surface area contributed by atoms with Crippen molar-refractivity contribution in [2.24, 2.45) is 11.8 Å². The molecule has 12 nitrogen and oxygen atoms in total. The summed E-state index contributed by atoms with van der Waals surface area (Å²) in [5, 5.41) is 10.5. The Morgan fingerprint density at radius 1 is 1.16 bits per heavy atom. The summed E-state index contributed by atoms with van der Waals surface area (Å²) in [5.74, 6) is -2.24. The van der Waals surface area contributed by atoms with E-state index >= 15 is 0 Å². The van der Waals surface area contributed by atoms with Crippen LogP contribution in [0.4, 0.5) is 0 Å². The molecule has 0 bridgehead atoms. The van der Waals surface area contributed by atoms with E-state index < -0.39 is 47.7 Å². The van der Waals surface area contributed by atoms with Crippen molar-refractivity contribution in [3.63, 3.8) is 0 Å². The maximum absolute atomic E-state index is 13.6. The first kappa shape index (κ1) is 46.5. The molecule has 3 rings (SSSR count). The lowest BCUT2D eigenvalue weighted by molar-refractivity contribution is -0.298. The van der Waals surface area contributed by atoms with Gasteiger partial charge < -0.3 is 43.2 Å². The summed E-state index contributed by atoms with van der Waals surface area (Å²) in [7, 11) is 7.55. The molecule has 0 unspecified atom stereocenters. The van der Waals surface area contributed by atoms with Crippen molar-refractivity contribution in [2.45, 2.75) is 142 Å². The summed E-state index contributed by atoms with van der Waals surface area (Å²) in [6, 6.07) is 8.40. The van der Waals surface area contributed by atoms with Crippen LogP contribution in [-0.4, -0.2) is 129 Å². The van der Waals surface area contributed by atoms with Gasteiger partial charge in [-0.1, -0.05) is 51.5 Å². The molecule has 2 heterocycles. The summed E-state index contributed by atoms with van der Waals surface area (Å²) in [5.41, 5.74) is -0.225. The minimum Gasteiger partial charge on any atom is -0.456 e. The highest BCUT2D eigenvalue weighted by atomic mass is 16.7. The summed E-state index contributed by atoms with van der Waals surface area (Å²) in [6.07, 6.45) is 2.54. The lowest BCUT2D eigenvalue weighted by Crippen LogP contribution is -2.59. The zero-order valence-corrected chi connectivity index (χ0v) is 35.5. The Hall–Kier alpha value is -2.84. The van der Waals surface area contributed by atoms with Crippen molar-refractivity contribution in [3.05, 3.63) is 59.9 Å². The van der Waals surface area contributed by atoms with Gasteiger partial charge in [-0.15, -0.1) is 6.58 Å². The fourth-order valence-electron chi connectivity index (χ4n) is 7.92. The van der Waals surface area contributed by atoms with Gasteiger partial charge in [-0.25, -0.2) is 9.59 Å². The molecule has 0 spiro atoms. The van der Waals surface area contributed by atoms with E-state index in [2.05, 4.69) is 25.3 Å². The SMILES string of the molecule is C=CC[C@@H](OCCCC)[C@H](CO)N(C)C[C@H](C)C[C@@](C)(OC)[C@H](O[C@@H]1O[C@H](C)C[C@H](N(C)C)[C@H]1OC(=O)c1ccccc1)[C@@H](C)C1=C(C)C(=O)OC(C)(C)O1. The quantitative estimate of drug-likeness (QED) is 0.0800. The molecule has 10 atom stereocenters. The van der Waals surface area contributed by atoms with Gasteiger partial charge in [0.25, 0.3) is 0 Å². The lowest BCUT2D eigenvalue weighted by atomic mass is 9.80. The normalized spacial score (nSPS) is 25.3. The van der Waals surface area contributed by atoms with E-state index in [0.717, 1.165) is 12.8 Å². The number of cyclic esters (lactones) is 1. The van der Waals surface area contributed by atoms with Crippen LogP contribution in [0.3, 0.4) is 0 Å². The average Bonchev–Trinajstić information content (AvgIpc) is 3.12. The summed E-state index contributed by atoms with van der Waals surface area (Å²) in [4.78, 5) is 30.9. The molecule has 12 heteroatoms. The van der Waals surface area contributed by atoms with Crippen LogP contribution in [0.25, 0.3) is 0 Å². The highest BCUT2D eigenvalue weighted by molar-refractivity contribution is 5.89. The van der Waals surface area contributed by atoms with Crippen LogP contribution in [-0.2, 0) is 38.0 Å². The smallest absolute Gasteiger partial charge is 0.340 e. The van der Waals surface area contributed by atoms with Crippen LogP contribution < -0.4 is 0 Å². The number of aliphatic hydroxyl groups is 1. The number of carbonyl (C=O) groups excluding carboxylic acids is 2. The van der Waals surface area contributed by atoms with E-state index in [0.29, 0.717) is 49.3 Å². The Morgan fingerprint density at radius 2 is 1.84 bits per heavy atom. The minimum atomic E-state index is -1.20. The van der Waals surface area contributed by atoms with E-state index in [1.165, 1.54) is 0 Å². The van der Waals surface area contributed by atoms with Gasteiger partial charge in [0.15, 0.2) is 12.4 Å². The van der Waals surface area contributed by atoms with E-state index in [1.54, 1.807) is 52.1 Å². The van der Waals surface area contributed by atoms with Crippen molar-refractivity contribution < 1.29 is 47.9 Å². The third-order valence-electron chi connectivity index (χ3n) is 10.9. The predicted octanol–water partition coefficient (Wildman–Crippen LogP) is 6.37. The number of nitrogens with zero attached hydrogens (tertiary/aromatic N) is 2. The molecular formula is C43H70N2O10. The van der Waals surface area contributed by atoms with E-state index in [1.807, 2.05) is 59.0 Å². The second kappa shape index (κ2) is 21.1. The van der Waals surface area contributed by atoms with Crippen molar-refractivity contribution in [3.8, 4) is 0 Å². The number of methoxy groups -OCH3 is 1. The van der Waals surface area contributed by atoms with Crippen LogP contribution in [0.15, 0.2) is 54.3 Å². The maximum atomic E-state index is 13.6. The third-order valence-corrected chi connectivity index (χ3v) is 10.9. The van der Waals surface area contributed by atoms with E-state index in [9.17, 15) is 14.7 Å². The number of likely N-dealkylation sites (N-methyl/N-ethyl adjacent to an activating group) is 2. The maximum Gasteiger partial charge on any atom is 0.340 e. The molecule has 0 aromatic heterocycles. The number of aliphatic hydroxyl groups excluding tert-OH is 1. The molecular weight excluding hydrogens is 704 g/mol. The van der Waals surface area contributed by atoms with Gasteiger partial charge in [0, 0.05) is 40.0 Å². The summed E-state index contributed by atoms with van der Waals surface area (Å²) in [6.45, 7) is 20.4. The largest absolute Gasteiger partial charge is 0.456 e. The topological polar surface area (TPSA) is 125 Å². The number of hydrogen-bond donors (Lipinski definition) is 1.